The summed E-state index contributed by atoms with van der Waals surface area (Å²) >= 11 is 0. The molecule has 0 saturated carbocycles. The lowest BCUT2D eigenvalue weighted by Crippen LogP contribution is -2.01. The summed E-state index contributed by atoms with van der Waals surface area (Å²) in [6.07, 6.45) is 0. The van der Waals surface area contributed by atoms with E-state index >= 15 is 0 Å². The average molecular weight is 619 g/mol. The van der Waals surface area contributed by atoms with Crippen LogP contribution in [0.2, 0.25) is 0 Å². The van der Waals surface area contributed by atoms with Crippen molar-refractivity contribution < 1.29 is 24.4 Å². The Labute approximate surface area is 273 Å². The fourth-order valence-electron chi connectivity index (χ4n) is 5.89. The second-order valence-corrected chi connectivity index (χ2v) is 11.6. The van der Waals surface area contributed by atoms with E-state index in [0.29, 0.717) is 49.1 Å². The van der Waals surface area contributed by atoms with E-state index in [-0.39, 0.29) is 11.5 Å². The van der Waals surface area contributed by atoms with Crippen LogP contribution in [0.3, 0.4) is 0 Å². The van der Waals surface area contributed by atoms with Crippen LogP contribution in [0.4, 0.5) is 0 Å². The number of aromatic hydroxyl groups is 2. The average Bonchev–Trinajstić information content (AvgIpc) is 3.11. The Morgan fingerprint density at radius 1 is 0.383 bits per heavy atom. The zero-order valence-electron chi connectivity index (χ0n) is 25.8. The molecule has 7 aromatic rings. The van der Waals surface area contributed by atoms with Gasteiger partial charge in [0.05, 0.1) is 13.2 Å². The van der Waals surface area contributed by atoms with Crippen LogP contribution < -0.4 is 9.47 Å². The Morgan fingerprint density at radius 2 is 0.915 bits per heavy atom. The number of rotatable bonds is 11. The first-order chi connectivity index (χ1) is 23.1. The van der Waals surface area contributed by atoms with Crippen molar-refractivity contribution in [3.8, 4) is 34.1 Å². The lowest BCUT2D eigenvalue weighted by molar-refractivity contribution is 0.107. The molecule has 0 spiro atoms. The molecule has 0 radical (unpaired) electrons. The molecular weight excluding hydrogens is 584 g/mol. The molecule has 7 aromatic carbocycles. The molecule has 0 aliphatic rings. The molecule has 47 heavy (non-hydrogen) atoms. The van der Waals surface area contributed by atoms with Gasteiger partial charge in [-0.3, -0.25) is 0 Å². The molecule has 0 bridgehead atoms. The van der Waals surface area contributed by atoms with E-state index in [2.05, 4.69) is 6.07 Å². The summed E-state index contributed by atoms with van der Waals surface area (Å²) in [6.45, 7) is 1.66. The van der Waals surface area contributed by atoms with Gasteiger partial charge in [0.1, 0.15) is 36.2 Å². The van der Waals surface area contributed by atoms with Crippen LogP contribution >= 0.6 is 0 Å². The number of benzene rings is 7. The number of phenols is 2. The maximum absolute atomic E-state index is 11.0. The van der Waals surface area contributed by atoms with Crippen LogP contribution in [0.1, 0.15) is 22.3 Å². The zero-order valence-corrected chi connectivity index (χ0v) is 25.8. The van der Waals surface area contributed by atoms with Gasteiger partial charge in [0.15, 0.2) is 0 Å². The minimum Gasteiger partial charge on any atom is -0.507 e. The summed E-state index contributed by atoms with van der Waals surface area (Å²) in [7, 11) is 0. The van der Waals surface area contributed by atoms with E-state index in [1.807, 2.05) is 127 Å². The Bertz CT molecular complexity index is 2080. The fourth-order valence-corrected chi connectivity index (χ4v) is 5.89. The Morgan fingerprint density at radius 3 is 1.55 bits per heavy atom. The zero-order chi connectivity index (χ0) is 32.0. The molecule has 0 amide bonds. The summed E-state index contributed by atoms with van der Waals surface area (Å²) < 4.78 is 18.5. The predicted molar refractivity (Wildman–Crippen MR) is 187 cm³/mol. The largest absolute Gasteiger partial charge is 0.507 e. The first-order valence-corrected chi connectivity index (χ1v) is 15.6. The van der Waals surface area contributed by atoms with E-state index in [1.165, 1.54) is 0 Å². The van der Waals surface area contributed by atoms with Crippen molar-refractivity contribution in [1.29, 1.82) is 0 Å². The Hall–Kier alpha value is -5.78. The van der Waals surface area contributed by atoms with Crippen molar-refractivity contribution >= 4 is 21.5 Å². The molecule has 0 saturated heterocycles. The smallest absolute Gasteiger partial charge is 0.124 e. The highest BCUT2D eigenvalue weighted by atomic mass is 16.5. The molecule has 5 heteroatoms. The Balaban J connectivity index is 1.10. The summed E-state index contributed by atoms with van der Waals surface area (Å²) in [4.78, 5) is 0. The number of phenolic OH excluding ortho intramolecular Hbond substituents is 2. The van der Waals surface area contributed by atoms with Gasteiger partial charge >= 0.3 is 0 Å². The first kappa shape index (κ1) is 29.9. The van der Waals surface area contributed by atoms with E-state index in [4.69, 9.17) is 14.2 Å². The topological polar surface area (TPSA) is 68.2 Å². The normalized spacial score (nSPS) is 11.1. The molecule has 7 rings (SSSR count). The molecule has 0 unspecified atom stereocenters. The minimum atomic E-state index is 0.118. The van der Waals surface area contributed by atoms with Crippen LogP contribution in [-0.2, 0) is 31.2 Å². The van der Waals surface area contributed by atoms with Gasteiger partial charge in [0, 0.05) is 17.2 Å². The van der Waals surface area contributed by atoms with E-state index < -0.39 is 0 Å². The van der Waals surface area contributed by atoms with Crippen molar-refractivity contribution in [2.75, 3.05) is 0 Å². The van der Waals surface area contributed by atoms with Crippen LogP contribution in [0.25, 0.3) is 32.7 Å². The van der Waals surface area contributed by atoms with Gasteiger partial charge in [-0.05, 0) is 74.1 Å². The second kappa shape index (κ2) is 13.7. The van der Waals surface area contributed by atoms with Crippen LogP contribution in [-0.4, -0.2) is 10.2 Å². The lowest BCUT2D eigenvalue weighted by atomic mass is 9.92. The van der Waals surface area contributed by atoms with Gasteiger partial charge in [-0.15, -0.1) is 0 Å². The molecule has 0 atom stereocenters. The highest BCUT2D eigenvalue weighted by molar-refractivity contribution is 6.09. The molecular formula is C42H34O5. The molecule has 5 nitrogen and oxygen atoms in total. The molecule has 0 aliphatic heterocycles. The third-order valence-corrected chi connectivity index (χ3v) is 8.19. The summed E-state index contributed by atoms with van der Waals surface area (Å²) in [5, 5.41) is 25.5. The number of ether oxygens (including phenoxy) is 3. The van der Waals surface area contributed by atoms with Crippen molar-refractivity contribution in [3.05, 3.63) is 168 Å². The number of hydrogen-bond donors (Lipinski definition) is 2. The van der Waals surface area contributed by atoms with Crippen LogP contribution in [0, 0.1) is 0 Å². The van der Waals surface area contributed by atoms with E-state index in [1.54, 1.807) is 12.1 Å². The number of hydrogen-bond acceptors (Lipinski definition) is 5. The molecule has 2 N–H and O–H groups in total. The molecule has 0 fully saturated rings. The van der Waals surface area contributed by atoms with Crippen molar-refractivity contribution in [1.82, 2.24) is 0 Å². The highest BCUT2D eigenvalue weighted by Crippen LogP contribution is 2.44. The molecule has 0 heterocycles. The van der Waals surface area contributed by atoms with Gasteiger partial charge in [0.25, 0.3) is 0 Å². The van der Waals surface area contributed by atoms with E-state index in [0.717, 1.165) is 43.8 Å². The first-order valence-electron chi connectivity index (χ1n) is 15.6. The fraction of sp³-hybridized carbons (Fsp3) is 0.0952. The molecule has 0 aliphatic carbocycles. The van der Waals surface area contributed by atoms with Gasteiger partial charge < -0.3 is 24.4 Å². The second-order valence-electron chi connectivity index (χ2n) is 11.6. The summed E-state index contributed by atoms with van der Waals surface area (Å²) in [5.74, 6) is 1.68. The highest BCUT2D eigenvalue weighted by Gasteiger charge is 2.17. The van der Waals surface area contributed by atoms with Crippen LogP contribution in [0.5, 0.6) is 23.0 Å². The third kappa shape index (κ3) is 6.91. The predicted octanol–water partition coefficient (Wildman–Crippen LogP) is 9.95. The van der Waals surface area contributed by atoms with Gasteiger partial charge in [-0.2, -0.15) is 0 Å². The van der Waals surface area contributed by atoms with E-state index in [9.17, 15) is 10.2 Å². The van der Waals surface area contributed by atoms with Crippen LogP contribution in [0.15, 0.2) is 146 Å². The third-order valence-electron chi connectivity index (χ3n) is 8.19. The van der Waals surface area contributed by atoms with Gasteiger partial charge in [-0.25, -0.2) is 0 Å². The monoisotopic (exact) mass is 618 g/mol. The maximum Gasteiger partial charge on any atom is 0.124 e. The van der Waals surface area contributed by atoms with Crippen molar-refractivity contribution in [2.24, 2.45) is 0 Å². The molecule has 0 aromatic heterocycles. The SMILES string of the molecule is Oc1ccc2ccccc2c1-c1c(O)ccc2cc(COCc3cc(OCc4ccccc4)cc(OCc4ccccc4)c3)ccc12. The molecule has 232 valence electrons. The minimum absolute atomic E-state index is 0.118. The van der Waals surface area contributed by atoms with Crippen molar-refractivity contribution in [2.45, 2.75) is 26.4 Å². The quantitative estimate of drug-likeness (QED) is 0.151. The van der Waals surface area contributed by atoms with Crippen molar-refractivity contribution in [3.63, 3.8) is 0 Å². The lowest BCUT2D eigenvalue weighted by Gasteiger charge is -2.15. The summed E-state index contributed by atoms with van der Waals surface area (Å²) in [6, 6.07) is 47.1. The standard InChI is InChI=1S/C42H34O5/c43-39-19-16-33-13-7-8-14-37(33)41(39)42-38-18-15-31(21-34(38)17-20-40(42)44)25-45-26-32-22-35(46-27-29-9-3-1-4-10-29)24-36(23-32)47-28-30-11-5-2-6-12-30/h1-24,43-44H,25-28H2. The maximum atomic E-state index is 11.0. The van der Waals surface area contributed by atoms with Gasteiger partial charge in [-0.1, -0.05) is 109 Å². The summed E-state index contributed by atoms with van der Waals surface area (Å²) in [5.41, 5.74) is 5.34. The Kier molecular flexibility index (Phi) is 8.71. The van der Waals surface area contributed by atoms with Gasteiger partial charge in [0.2, 0.25) is 0 Å². The number of fused-ring (bicyclic) bond motifs is 2.